The average molecular weight is 117 g/mol. The van der Waals surface area contributed by atoms with Gasteiger partial charge in [0, 0.05) is 6.57 Å². The Bertz CT molecular complexity index is 67.8. The first-order valence-corrected chi connectivity index (χ1v) is 2.63. The Kier molecular flexibility index (Phi) is 12.3. The van der Waals surface area contributed by atoms with Crippen molar-refractivity contribution in [1.82, 2.24) is 0 Å². The molecule has 7 heavy (non-hydrogen) atoms. The van der Waals surface area contributed by atoms with Crippen LogP contribution in [0.3, 0.4) is 0 Å². The largest absolute Gasteiger partial charge is 0.379 e. The molecule has 3 nitrogen and oxygen atoms in total. The van der Waals surface area contributed by atoms with Crippen LogP contribution in [0.4, 0.5) is 0 Å². The van der Waals surface area contributed by atoms with E-state index in [1.807, 2.05) is 0 Å². The summed E-state index contributed by atoms with van der Waals surface area (Å²) >= 11 is 1.24. The van der Waals surface area contributed by atoms with Crippen LogP contribution in [-0.2, 0) is 0 Å². The summed E-state index contributed by atoms with van der Waals surface area (Å²) in [7, 11) is 0. The molecule has 0 saturated carbocycles. The Morgan fingerprint density at radius 2 is 2.00 bits per heavy atom. The molecule has 0 atom stereocenters. The van der Waals surface area contributed by atoms with Crippen molar-refractivity contribution in [2.45, 2.75) is 0 Å². The molecule has 0 heterocycles. The molecule has 0 aliphatic carbocycles. The van der Waals surface area contributed by atoms with Crippen LogP contribution < -0.4 is 5.73 Å². The number of hydrogen-bond donors (Lipinski definition) is 2. The quantitative estimate of drug-likeness (QED) is 0.356. The van der Waals surface area contributed by atoms with E-state index in [0.29, 0.717) is 0 Å². The van der Waals surface area contributed by atoms with Crippen LogP contribution in [0, 0.1) is 17.2 Å². The fraction of sp³-hybridized carbons (Fsp3) is 0.333. The van der Waals surface area contributed by atoms with Crippen LogP contribution in [0.25, 0.3) is 0 Å². The summed E-state index contributed by atoms with van der Waals surface area (Å²) in [5.41, 5.74) is 4.84. The summed E-state index contributed by atoms with van der Waals surface area (Å²) < 4.78 is 0. The maximum Gasteiger partial charge on any atom is 0.150 e. The predicted molar refractivity (Wildman–Crippen MR) is 32.1 cm³/mol. The molecule has 0 amide bonds. The molecule has 0 bridgehead atoms. The fourth-order valence-electron chi connectivity index (χ4n) is 0. The zero-order valence-corrected chi connectivity index (χ0v) is 4.83. The lowest BCUT2D eigenvalue weighted by Gasteiger charge is -1.78. The molecule has 0 aliphatic heterocycles. The van der Waals surface area contributed by atoms with Crippen molar-refractivity contribution in [2.75, 3.05) is 6.26 Å². The minimum atomic E-state index is 0.171. The van der Waals surface area contributed by atoms with Gasteiger partial charge in [0.2, 0.25) is 0 Å². The number of hydrogen-bond acceptors (Lipinski definition) is 3. The molecule has 0 aromatic heterocycles. The summed E-state index contributed by atoms with van der Waals surface area (Å²) in [4.78, 5) is 0. The van der Waals surface area contributed by atoms with Gasteiger partial charge < -0.3 is 5.73 Å². The second kappa shape index (κ2) is 9.00. The number of thioether (sulfide) groups is 1. The van der Waals surface area contributed by atoms with Crippen LogP contribution in [0.1, 0.15) is 0 Å². The summed E-state index contributed by atoms with van der Waals surface area (Å²) in [6.45, 7) is 3.50. The number of rotatable bonds is 0. The second-order valence-corrected chi connectivity index (χ2v) is 1.42. The third kappa shape index (κ3) is 33.9. The highest BCUT2D eigenvalue weighted by Gasteiger charge is 1.71. The van der Waals surface area contributed by atoms with Crippen LogP contribution >= 0.6 is 11.8 Å². The van der Waals surface area contributed by atoms with E-state index < -0.39 is 0 Å². The normalized spacial score (nSPS) is 5.57. The molecule has 0 fully saturated rings. The van der Waals surface area contributed by atoms with Crippen molar-refractivity contribution in [1.29, 1.82) is 10.7 Å². The standard InChI is InChI=1S/C2H6N2S.CHN/c1-5-2(3)4;1-2/h1H3,(H3,3,4);1H. The van der Waals surface area contributed by atoms with Crippen molar-refractivity contribution in [2.24, 2.45) is 5.73 Å². The van der Waals surface area contributed by atoms with Crippen LogP contribution in [0.5, 0.6) is 0 Å². The highest BCUT2D eigenvalue weighted by molar-refractivity contribution is 8.13. The summed E-state index contributed by atoms with van der Waals surface area (Å²) in [5, 5.41) is 13.2. The first kappa shape index (κ1) is 9.58. The maximum atomic E-state index is 6.50. The first-order valence-electron chi connectivity index (χ1n) is 1.41. The van der Waals surface area contributed by atoms with Gasteiger partial charge in [0.15, 0.2) is 5.17 Å². The molecular formula is C3H7N3S. The molecule has 0 radical (unpaired) electrons. The van der Waals surface area contributed by atoms with E-state index in [0.717, 1.165) is 0 Å². The van der Waals surface area contributed by atoms with Crippen molar-refractivity contribution < 1.29 is 0 Å². The van der Waals surface area contributed by atoms with Gasteiger partial charge in [0.1, 0.15) is 0 Å². The van der Waals surface area contributed by atoms with Gasteiger partial charge in [-0.3, -0.25) is 5.41 Å². The molecule has 4 heteroatoms. The molecule has 0 saturated heterocycles. The molecule has 40 valence electrons. The lowest BCUT2D eigenvalue weighted by atomic mass is 11.4. The third-order valence-electron chi connectivity index (χ3n) is 0.220. The Morgan fingerprint density at radius 1 is 1.86 bits per heavy atom. The molecule has 0 aromatic carbocycles. The van der Waals surface area contributed by atoms with Gasteiger partial charge in [-0.25, -0.2) is 5.26 Å². The van der Waals surface area contributed by atoms with Gasteiger partial charge in [-0.15, -0.1) is 0 Å². The molecule has 0 aliphatic rings. The van der Waals surface area contributed by atoms with Gasteiger partial charge in [-0.2, -0.15) is 0 Å². The molecule has 0 aromatic rings. The van der Waals surface area contributed by atoms with E-state index in [2.05, 4.69) is 6.57 Å². The number of nitrogens with one attached hydrogen (secondary N) is 1. The lowest BCUT2D eigenvalue weighted by molar-refractivity contribution is 1.51. The monoisotopic (exact) mass is 117 g/mol. The number of nitriles is 1. The minimum Gasteiger partial charge on any atom is -0.379 e. The van der Waals surface area contributed by atoms with Gasteiger partial charge in [0.05, 0.1) is 0 Å². The lowest BCUT2D eigenvalue weighted by Crippen LogP contribution is -2.01. The number of amidine groups is 1. The van der Waals surface area contributed by atoms with Gasteiger partial charge in [-0.1, -0.05) is 11.8 Å². The third-order valence-corrected chi connectivity index (χ3v) is 0.660. The number of nitrogens with two attached hydrogens (primary N) is 1. The molecular weight excluding hydrogens is 110 g/mol. The summed E-state index contributed by atoms with van der Waals surface area (Å²) in [5.74, 6) is 0. The van der Waals surface area contributed by atoms with Crippen molar-refractivity contribution >= 4 is 16.9 Å². The molecule has 0 unspecified atom stereocenters. The fourth-order valence-corrected chi connectivity index (χ4v) is 0. The smallest absolute Gasteiger partial charge is 0.150 e. The Balaban J connectivity index is 0. The summed E-state index contributed by atoms with van der Waals surface area (Å²) in [6.07, 6.45) is 1.77. The Hall–Kier alpha value is -0.690. The van der Waals surface area contributed by atoms with Crippen LogP contribution in [-0.4, -0.2) is 11.4 Å². The molecule has 0 spiro atoms. The van der Waals surface area contributed by atoms with Gasteiger partial charge in [0.25, 0.3) is 0 Å². The summed E-state index contributed by atoms with van der Waals surface area (Å²) in [6, 6.07) is 0. The van der Waals surface area contributed by atoms with Crippen LogP contribution in [0.15, 0.2) is 0 Å². The highest BCUT2D eigenvalue weighted by atomic mass is 32.2. The molecule has 0 rings (SSSR count). The van der Waals surface area contributed by atoms with Crippen molar-refractivity contribution in [3.05, 3.63) is 0 Å². The van der Waals surface area contributed by atoms with E-state index >= 15 is 0 Å². The van der Waals surface area contributed by atoms with Gasteiger partial charge in [-0.05, 0) is 6.26 Å². The Labute approximate surface area is 47.0 Å². The van der Waals surface area contributed by atoms with Crippen molar-refractivity contribution in [3.63, 3.8) is 0 Å². The van der Waals surface area contributed by atoms with Crippen molar-refractivity contribution in [3.8, 4) is 6.57 Å². The average Bonchev–Trinajstić information content (AvgIpc) is 1.73. The van der Waals surface area contributed by atoms with E-state index in [-0.39, 0.29) is 5.17 Å². The van der Waals surface area contributed by atoms with E-state index in [9.17, 15) is 0 Å². The van der Waals surface area contributed by atoms with Crippen LogP contribution in [0.2, 0.25) is 0 Å². The first-order chi connectivity index (χ1) is 3.27. The van der Waals surface area contributed by atoms with Gasteiger partial charge >= 0.3 is 0 Å². The topological polar surface area (TPSA) is 73.7 Å². The van der Waals surface area contributed by atoms with E-state index in [1.54, 1.807) is 6.26 Å². The molecule has 3 N–H and O–H groups in total. The SMILES string of the molecule is C#N.CSC(=N)N. The zero-order chi connectivity index (χ0) is 6.28. The maximum absolute atomic E-state index is 6.50. The Morgan fingerprint density at radius 3 is 2.00 bits per heavy atom. The zero-order valence-electron chi connectivity index (χ0n) is 4.01. The minimum absolute atomic E-state index is 0.171. The highest BCUT2D eigenvalue weighted by Crippen LogP contribution is 1.83. The van der Waals surface area contributed by atoms with E-state index in [4.69, 9.17) is 16.4 Å². The number of nitrogens with zero attached hydrogens (tertiary/aromatic N) is 1. The van der Waals surface area contributed by atoms with E-state index in [1.165, 1.54) is 11.8 Å². The predicted octanol–water partition coefficient (Wildman–Crippen LogP) is 0.383. The second-order valence-electron chi connectivity index (χ2n) is 0.568.